The minimum atomic E-state index is -3.35. The Morgan fingerprint density at radius 3 is 2.46 bits per heavy atom. The van der Waals surface area contributed by atoms with E-state index in [9.17, 15) is 19.3 Å². The van der Waals surface area contributed by atoms with Crippen LogP contribution < -0.4 is 11.2 Å². The van der Waals surface area contributed by atoms with Crippen LogP contribution in [0.5, 0.6) is 0 Å². The number of methoxy groups -OCH3 is 1. The van der Waals surface area contributed by atoms with Gasteiger partial charge in [0.25, 0.3) is 5.56 Å². The van der Waals surface area contributed by atoms with Crippen LogP contribution in [0.15, 0.2) is 15.8 Å². The van der Waals surface area contributed by atoms with Gasteiger partial charge >= 0.3 is 13.3 Å². The van der Waals surface area contributed by atoms with Crippen molar-refractivity contribution in [1.29, 1.82) is 0 Å². The summed E-state index contributed by atoms with van der Waals surface area (Å²) in [6, 6.07) is 0. The summed E-state index contributed by atoms with van der Waals surface area (Å²) >= 11 is 0. The second-order valence-corrected chi connectivity index (χ2v) is 8.87. The molecule has 1 saturated heterocycles. The van der Waals surface area contributed by atoms with Crippen LogP contribution in [-0.4, -0.2) is 59.5 Å². The lowest BCUT2D eigenvalue weighted by atomic mass is 10.00. The fraction of sp³-hybridized carbons (Fsp3) is 0.765. The molecule has 1 aromatic heterocycles. The average Bonchev–Trinajstić information content (AvgIpc) is 2.94. The van der Waals surface area contributed by atoms with Gasteiger partial charge in [0.1, 0.15) is 12.2 Å². The molecular formula is C17H29N2O8P. The van der Waals surface area contributed by atoms with Crippen molar-refractivity contribution < 1.29 is 28.2 Å². The summed E-state index contributed by atoms with van der Waals surface area (Å²) in [5.74, 6) is -0.416. The monoisotopic (exact) mass is 420 g/mol. The Bertz CT molecular complexity index is 812. The molecular weight excluding hydrogens is 391 g/mol. The molecule has 1 aromatic rings. The van der Waals surface area contributed by atoms with Gasteiger partial charge in [-0.1, -0.05) is 6.92 Å². The highest BCUT2D eigenvalue weighted by atomic mass is 31.2. The molecule has 1 fully saturated rings. The number of aromatic amines is 1. The van der Waals surface area contributed by atoms with E-state index in [4.69, 9.17) is 18.5 Å². The van der Waals surface area contributed by atoms with E-state index in [0.29, 0.717) is 5.56 Å². The van der Waals surface area contributed by atoms with Crippen LogP contribution in [0.3, 0.4) is 0 Å². The van der Waals surface area contributed by atoms with Crippen molar-refractivity contribution in [1.82, 2.24) is 9.55 Å². The zero-order valence-corrected chi connectivity index (χ0v) is 17.7. The molecule has 28 heavy (non-hydrogen) atoms. The first-order valence-electron chi connectivity index (χ1n) is 9.23. The normalized spacial score (nSPS) is 26.5. The highest BCUT2D eigenvalue weighted by Gasteiger charge is 2.48. The maximum absolute atomic E-state index is 12.8. The number of nitrogens with zero attached hydrogens (tertiary/aromatic N) is 1. The van der Waals surface area contributed by atoms with Crippen molar-refractivity contribution in [3.8, 4) is 0 Å². The summed E-state index contributed by atoms with van der Waals surface area (Å²) in [4.78, 5) is 26.1. The Balaban J connectivity index is 2.29. The summed E-state index contributed by atoms with van der Waals surface area (Å²) in [7, 11) is -1.95. The van der Waals surface area contributed by atoms with Crippen molar-refractivity contribution in [2.75, 3.05) is 26.5 Å². The summed E-state index contributed by atoms with van der Waals surface area (Å²) in [5, 5.41) is 10.7. The van der Waals surface area contributed by atoms with E-state index in [0.717, 1.165) is 0 Å². The van der Waals surface area contributed by atoms with Gasteiger partial charge in [-0.05, 0) is 26.7 Å². The first-order chi connectivity index (χ1) is 13.2. The Hall–Kier alpha value is -1.29. The van der Waals surface area contributed by atoms with Gasteiger partial charge in [0.15, 0.2) is 6.23 Å². The molecule has 0 aliphatic carbocycles. The largest absolute Gasteiger partial charge is 0.387 e. The average molecular weight is 420 g/mol. The van der Waals surface area contributed by atoms with Crippen LogP contribution in [-0.2, 0) is 23.1 Å². The number of aryl methyl sites for hydroxylation is 1. The van der Waals surface area contributed by atoms with Crippen LogP contribution in [0.25, 0.3) is 0 Å². The lowest BCUT2D eigenvalue weighted by Gasteiger charge is -2.26. The van der Waals surface area contributed by atoms with Gasteiger partial charge in [-0.3, -0.25) is 18.9 Å². The van der Waals surface area contributed by atoms with E-state index in [1.165, 1.54) is 17.9 Å². The van der Waals surface area contributed by atoms with Crippen molar-refractivity contribution in [2.24, 2.45) is 5.92 Å². The standard InChI is InChI=1S/C17H29N2O8P/c1-6-25-28(23,26-7-2)9-11(4)13-12(20)14(24-5)16(27-13)19-8-10(3)15(21)18-17(19)22/h8,11-14,16,20H,6-7,9H2,1-5H3,(H,18,21,22)/t11-,12-,13?,14-,16+/m1/s1. The van der Waals surface area contributed by atoms with Crippen molar-refractivity contribution in [2.45, 2.75) is 52.2 Å². The third kappa shape index (κ3) is 4.82. The molecule has 1 aliphatic heterocycles. The molecule has 0 bridgehead atoms. The van der Waals surface area contributed by atoms with E-state index in [-0.39, 0.29) is 19.4 Å². The smallest absolute Gasteiger partial charge is 0.331 e. The third-order valence-corrected chi connectivity index (χ3v) is 6.99. The van der Waals surface area contributed by atoms with Gasteiger partial charge in [-0.2, -0.15) is 0 Å². The second-order valence-electron chi connectivity index (χ2n) is 6.77. The Labute approximate surface area is 163 Å². The predicted molar refractivity (Wildman–Crippen MR) is 102 cm³/mol. The van der Waals surface area contributed by atoms with Crippen molar-refractivity contribution in [3.63, 3.8) is 0 Å². The number of ether oxygens (including phenoxy) is 2. The van der Waals surface area contributed by atoms with Crippen LogP contribution in [0.2, 0.25) is 0 Å². The SMILES string of the molecule is CCOP(=O)(C[C@@H](C)C1O[C@H](n2cc(C)c(=O)[nH]c2=O)[C@H](OC)[C@@H]1O)OCC. The molecule has 2 N–H and O–H groups in total. The minimum Gasteiger partial charge on any atom is -0.387 e. The molecule has 2 heterocycles. The fourth-order valence-corrected chi connectivity index (χ4v) is 5.38. The molecule has 5 atom stereocenters. The predicted octanol–water partition coefficient (Wildman–Crippen LogP) is 1.02. The first-order valence-corrected chi connectivity index (χ1v) is 11.0. The summed E-state index contributed by atoms with van der Waals surface area (Å²) in [5.41, 5.74) is -0.841. The van der Waals surface area contributed by atoms with E-state index in [1.807, 2.05) is 0 Å². The molecule has 1 aliphatic rings. The Kier molecular flexibility index (Phi) is 7.78. The quantitative estimate of drug-likeness (QED) is 0.567. The summed E-state index contributed by atoms with van der Waals surface area (Å²) < 4.78 is 35.9. The van der Waals surface area contributed by atoms with Gasteiger partial charge < -0.3 is 23.6 Å². The zero-order valence-electron chi connectivity index (χ0n) is 16.8. The highest BCUT2D eigenvalue weighted by molar-refractivity contribution is 7.53. The maximum Gasteiger partial charge on any atom is 0.331 e. The fourth-order valence-electron chi connectivity index (χ4n) is 3.39. The number of hydrogen-bond donors (Lipinski definition) is 2. The minimum absolute atomic E-state index is 0.0408. The molecule has 11 heteroatoms. The molecule has 0 amide bonds. The maximum atomic E-state index is 12.8. The molecule has 10 nitrogen and oxygen atoms in total. The Morgan fingerprint density at radius 1 is 1.32 bits per heavy atom. The van der Waals surface area contributed by atoms with Gasteiger partial charge in [0.2, 0.25) is 0 Å². The summed E-state index contributed by atoms with van der Waals surface area (Å²) in [6.45, 7) is 7.22. The molecule has 160 valence electrons. The summed E-state index contributed by atoms with van der Waals surface area (Å²) in [6.07, 6.45) is -2.26. The van der Waals surface area contributed by atoms with E-state index in [2.05, 4.69) is 4.98 Å². The van der Waals surface area contributed by atoms with E-state index >= 15 is 0 Å². The van der Waals surface area contributed by atoms with Gasteiger partial charge in [0, 0.05) is 18.9 Å². The lowest BCUT2D eigenvalue weighted by molar-refractivity contribution is -0.0619. The molecule has 0 aromatic carbocycles. The van der Waals surface area contributed by atoms with E-state index < -0.39 is 49.3 Å². The molecule has 0 radical (unpaired) electrons. The van der Waals surface area contributed by atoms with Gasteiger partial charge in [-0.25, -0.2) is 4.79 Å². The van der Waals surface area contributed by atoms with Crippen LogP contribution in [0, 0.1) is 12.8 Å². The number of rotatable bonds is 9. The molecule has 2 rings (SSSR count). The number of aliphatic hydroxyl groups is 1. The number of nitrogens with one attached hydrogen (secondary N) is 1. The topological polar surface area (TPSA) is 129 Å². The Morgan fingerprint density at radius 2 is 1.93 bits per heavy atom. The van der Waals surface area contributed by atoms with Crippen molar-refractivity contribution >= 4 is 7.60 Å². The van der Waals surface area contributed by atoms with Crippen LogP contribution >= 0.6 is 7.60 Å². The van der Waals surface area contributed by atoms with E-state index in [1.54, 1.807) is 27.7 Å². The van der Waals surface area contributed by atoms with Crippen LogP contribution in [0.1, 0.15) is 32.6 Å². The van der Waals surface area contributed by atoms with Crippen LogP contribution in [0.4, 0.5) is 0 Å². The zero-order chi connectivity index (χ0) is 21.1. The van der Waals surface area contributed by atoms with Crippen molar-refractivity contribution in [3.05, 3.63) is 32.6 Å². The number of aliphatic hydroxyl groups excluding tert-OH is 1. The number of H-pyrrole nitrogens is 1. The number of aromatic nitrogens is 2. The lowest BCUT2D eigenvalue weighted by Crippen LogP contribution is -2.40. The number of hydrogen-bond acceptors (Lipinski definition) is 8. The highest BCUT2D eigenvalue weighted by Crippen LogP contribution is 2.51. The molecule has 0 spiro atoms. The first kappa shape index (κ1) is 23.0. The second kappa shape index (κ2) is 9.47. The third-order valence-electron chi connectivity index (χ3n) is 4.67. The molecule has 0 saturated carbocycles. The van der Waals surface area contributed by atoms with Gasteiger partial charge in [-0.15, -0.1) is 0 Å². The van der Waals surface area contributed by atoms with Gasteiger partial charge in [0.05, 0.1) is 25.5 Å². The molecule has 1 unspecified atom stereocenters.